The van der Waals surface area contributed by atoms with E-state index in [9.17, 15) is 0 Å². The van der Waals surface area contributed by atoms with Crippen LogP contribution in [0.15, 0.2) is 33.7 Å². The van der Waals surface area contributed by atoms with Gasteiger partial charge >= 0.3 is 0 Å². The smallest absolute Gasteiger partial charge is 0.164 e. The van der Waals surface area contributed by atoms with E-state index in [0.717, 1.165) is 15.9 Å². The Hall–Kier alpha value is -1.36. The van der Waals surface area contributed by atoms with Crippen molar-refractivity contribution in [2.24, 2.45) is 0 Å². The Morgan fingerprint density at radius 1 is 1.50 bits per heavy atom. The number of nitrogens with zero attached hydrogens (tertiary/aromatic N) is 2. The van der Waals surface area contributed by atoms with E-state index in [1.165, 1.54) is 0 Å². The van der Waals surface area contributed by atoms with E-state index in [1.54, 1.807) is 18.7 Å². The molecule has 0 radical (unpaired) electrons. The molecule has 0 atom stereocenters. The average molecular weight is 254 g/mol. The van der Waals surface area contributed by atoms with E-state index < -0.39 is 0 Å². The summed E-state index contributed by atoms with van der Waals surface area (Å²) < 4.78 is 5.80. The summed E-state index contributed by atoms with van der Waals surface area (Å²) in [7, 11) is 1.81. The summed E-state index contributed by atoms with van der Waals surface area (Å²) in [5, 5.41) is 2.97. The summed E-state index contributed by atoms with van der Waals surface area (Å²) in [6.45, 7) is 0. The minimum atomic E-state index is 0.645. The Morgan fingerprint density at radius 3 is 3.00 bits per heavy atom. The monoisotopic (exact) mass is 253 g/mol. The van der Waals surface area contributed by atoms with Gasteiger partial charge in [-0.25, -0.2) is 9.97 Å². The van der Waals surface area contributed by atoms with Crippen LogP contribution in [0.4, 0.5) is 5.82 Å². The van der Waals surface area contributed by atoms with Crippen LogP contribution in [-0.2, 0) is 0 Å². The van der Waals surface area contributed by atoms with E-state index in [4.69, 9.17) is 4.42 Å². The van der Waals surface area contributed by atoms with Gasteiger partial charge in [-0.1, -0.05) is 0 Å². The zero-order chi connectivity index (χ0) is 9.97. The Balaban J connectivity index is 2.46. The van der Waals surface area contributed by atoms with Gasteiger partial charge in [0.1, 0.15) is 12.1 Å². The van der Waals surface area contributed by atoms with Gasteiger partial charge < -0.3 is 9.73 Å². The number of halogens is 1. The predicted octanol–water partition coefficient (Wildman–Crippen LogP) is 2.54. The molecule has 0 saturated carbocycles. The molecule has 0 aromatic carbocycles. The topological polar surface area (TPSA) is 51.0 Å². The molecule has 4 nitrogen and oxygen atoms in total. The maximum absolute atomic E-state index is 4.96. The van der Waals surface area contributed by atoms with Gasteiger partial charge in [-0.2, -0.15) is 0 Å². The van der Waals surface area contributed by atoms with Gasteiger partial charge in [-0.15, -0.1) is 0 Å². The maximum atomic E-state index is 4.96. The minimum Gasteiger partial charge on any atom is -0.472 e. The van der Waals surface area contributed by atoms with Gasteiger partial charge in [0.05, 0.1) is 16.3 Å². The Labute approximate surface area is 89.5 Å². The van der Waals surface area contributed by atoms with Crippen LogP contribution in [0, 0.1) is 0 Å². The standard InChI is InChI=1S/C9H8BrN3O/c1-11-9-7(10)4-12-8(13-9)6-2-3-14-5-6/h2-5H,1H3,(H,11,12,13). The Bertz CT molecular complexity index is 428. The van der Waals surface area contributed by atoms with E-state index in [2.05, 4.69) is 31.2 Å². The molecule has 1 N–H and O–H groups in total. The van der Waals surface area contributed by atoms with Gasteiger partial charge in [0.2, 0.25) is 0 Å². The van der Waals surface area contributed by atoms with Gasteiger partial charge in [0.25, 0.3) is 0 Å². The lowest BCUT2D eigenvalue weighted by atomic mass is 10.3. The van der Waals surface area contributed by atoms with Crippen LogP contribution in [0.1, 0.15) is 0 Å². The van der Waals surface area contributed by atoms with E-state index in [1.807, 2.05) is 13.1 Å². The van der Waals surface area contributed by atoms with Crippen molar-refractivity contribution >= 4 is 21.7 Å². The maximum Gasteiger partial charge on any atom is 0.164 e. The molecule has 0 spiro atoms. The van der Waals surface area contributed by atoms with Crippen LogP contribution < -0.4 is 5.32 Å². The molecule has 72 valence electrons. The summed E-state index contributed by atoms with van der Waals surface area (Å²) in [5.74, 6) is 1.41. The van der Waals surface area contributed by atoms with Crippen LogP contribution in [0.25, 0.3) is 11.4 Å². The molecule has 0 aliphatic carbocycles. The highest BCUT2D eigenvalue weighted by atomic mass is 79.9. The number of hydrogen-bond acceptors (Lipinski definition) is 4. The molecule has 2 heterocycles. The molecular formula is C9H8BrN3O. The Kier molecular flexibility index (Phi) is 2.49. The first kappa shape index (κ1) is 9.21. The van der Waals surface area contributed by atoms with Crippen molar-refractivity contribution in [3.8, 4) is 11.4 Å². The Morgan fingerprint density at radius 2 is 2.36 bits per heavy atom. The number of nitrogens with one attached hydrogen (secondary N) is 1. The van der Waals surface area contributed by atoms with Crippen molar-refractivity contribution in [2.75, 3.05) is 12.4 Å². The molecule has 0 saturated heterocycles. The summed E-state index contributed by atoms with van der Waals surface area (Å²) in [6.07, 6.45) is 4.92. The summed E-state index contributed by atoms with van der Waals surface area (Å²) in [5.41, 5.74) is 0.869. The fraction of sp³-hybridized carbons (Fsp3) is 0.111. The average Bonchev–Trinajstić information content (AvgIpc) is 2.71. The molecule has 0 unspecified atom stereocenters. The van der Waals surface area contributed by atoms with Gasteiger partial charge in [0.15, 0.2) is 5.82 Å². The first-order chi connectivity index (χ1) is 6.81. The molecule has 0 amide bonds. The zero-order valence-corrected chi connectivity index (χ0v) is 9.08. The van der Waals surface area contributed by atoms with Gasteiger partial charge in [-0.3, -0.25) is 0 Å². The number of aromatic nitrogens is 2. The predicted molar refractivity (Wildman–Crippen MR) is 57.0 cm³/mol. The van der Waals surface area contributed by atoms with Crippen molar-refractivity contribution in [3.63, 3.8) is 0 Å². The highest BCUT2D eigenvalue weighted by Crippen LogP contribution is 2.22. The van der Waals surface area contributed by atoms with Gasteiger partial charge in [-0.05, 0) is 22.0 Å². The molecule has 2 rings (SSSR count). The van der Waals surface area contributed by atoms with Crippen LogP contribution in [0.5, 0.6) is 0 Å². The normalized spacial score (nSPS) is 10.1. The highest BCUT2D eigenvalue weighted by molar-refractivity contribution is 9.10. The van der Waals surface area contributed by atoms with Crippen molar-refractivity contribution in [1.82, 2.24) is 9.97 Å². The van der Waals surface area contributed by atoms with Crippen LogP contribution in [-0.4, -0.2) is 17.0 Å². The molecule has 0 aliphatic rings. The second-order valence-electron chi connectivity index (χ2n) is 2.65. The number of anilines is 1. The number of furan rings is 1. The van der Waals surface area contributed by atoms with Gasteiger partial charge in [0, 0.05) is 13.2 Å². The molecule has 5 heteroatoms. The summed E-state index contributed by atoms with van der Waals surface area (Å²) in [4.78, 5) is 8.48. The van der Waals surface area contributed by atoms with Crippen LogP contribution in [0.2, 0.25) is 0 Å². The number of rotatable bonds is 2. The second-order valence-corrected chi connectivity index (χ2v) is 3.51. The zero-order valence-electron chi connectivity index (χ0n) is 7.49. The first-order valence-electron chi connectivity index (χ1n) is 4.04. The lowest BCUT2D eigenvalue weighted by Crippen LogP contribution is -1.96. The molecule has 0 fully saturated rings. The third-order valence-corrected chi connectivity index (χ3v) is 2.34. The minimum absolute atomic E-state index is 0.645. The third-order valence-electron chi connectivity index (χ3n) is 1.76. The molecule has 2 aromatic rings. The van der Waals surface area contributed by atoms with Crippen molar-refractivity contribution in [3.05, 3.63) is 29.3 Å². The van der Waals surface area contributed by atoms with Crippen molar-refractivity contribution < 1.29 is 4.42 Å². The molecule has 0 bridgehead atoms. The van der Waals surface area contributed by atoms with Crippen molar-refractivity contribution in [1.29, 1.82) is 0 Å². The lowest BCUT2D eigenvalue weighted by molar-refractivity contribution is 0.568. The van der Waals surface area contributed by atoms with E-state index in [0.29, 0.717) is 5.82 Å². The largest absolute Gasteiger partial charge is 0.472 e. The first-order valence-corrected chi connectivity index (χ1v) is 4.83. The summed E-state index contributed by atoms with van der Waals surface area (Å²) >= 11 is 3.34. The molecule has 2 aromatic heterocycles. The van der Waals surface area contributed by atoms with Crippen molar-refractivity contribution in [2.45, 2.75) is 0 Å². The summed E-state index contributed by atoms with van der Waals surface area (Å²) in [6, 6.07) is 1.82. The SMILES string of the molecule is CNc1nc(-c2ccoc2)ncc1Br. The molecule has 14 heavy (non-hydrogen) atoms. The van der Waals surface area contributed by atoms with E-state index in [-0.39, 0.29) is 0 Å². The molecular weight excluding hydrogens is 246 g/mol. The quantitative estimate of drug-likeness (QED) is 0.894. The fourth-order valence-electron chi connectivity index (χ4n) is 1.07. The lowest BCUT2D eigenvalue weighted by Gasteiger charge is -2.03. The fourth-order valence-corrected chi connectivity index (χ4v) is 1.46. The third kappa shape index (κ3) is 1.63. The molecule has 0 aliphatic heterocycles. The van der Waals surface area contributed by atoms with E-state index >= 15 is 0 Å². The van der Waals surface area contributed by atoms with Crippen LogP contribution in [0.3, 0.4) is 0 Å². The highest BCUT2D eigenvalue weighted by Gasteiger charge is 2.06. The second kappa shape index (κ2) is 3.79. The van der Waals surface area contributed by atoms with Crippen LogP contribution >= 0.6 is 15.9 Å². The number of hydrogen-bond donors (Lipinski definition) is 1.